The molecule has 0 fully saturated rings. The van der Waals surface area contributed by atoms with Crippen LogP contribution < -0.4 is 5.32 Å². The van der Waals surface area contributed by atoms with Crippen molar-refractivity contribution in [1.29, 1.82) is 0 Å². The second kappa shape index (κ2) is 5.92. The molecule has 1 aromatic carbocycles. The second-order valence-electron chi connectivity index (χ2n) is 4.55. The molecule has 0 aliphatic carbocycles. The van der Waals surface area contributed by atoms with E-state index in [4.69, 9.17) is 0 Å². The van der Waals surface area contributed by atoms with Gasteiger partial charge >= 0.3 is 0 Å². The standard InChI is InChI=1S/C14H23N/c1-5-15-10-12(3)9-14-8-11(2)6-7-13(14)4/h6-8,12,15H,5,9-10H2,1-4H3. The average Bonchev–Trinajstić information content (AvgIpc) is 2.20. The van der Waals surface area contributed by atoms with E-state index in [9.17, 15) is 0 Å². The summed E-state index contributed by atoms with van der Waals surface area (Å²) in [7, 11) is 0. The lowest BCUT2D eigenvalue weighted by atomic mass is 9.96. The molecular weight excluding hydrogens is 182 g/mol. The highest BCUT2D eigenvalue weighted by Crippen LogP contribution is 2.14. The van der Waals surface area contributed by atoms with Crippen LogP contribution in [0.2, 0.25) is 0 Å². The van der Waals surface area contributed by atoms with Gasteiger partial charge in [0.15, 0.2) is 0 Å². The quantitative estimate of drug-likeness (QED) is 0.779. The van der Waals surface area contributed by atoms with Gasteiger partial charge in [-0.25, -0.2) is 0 Å². The van der Waals surface area contributed by atoms with Gasteiger partial charge in [0.25, 0.3) is 0 Å². The van der Waals surface area contributed by atoms with E-state index < -0.39 is 0 Å². The number of rotatable bonds is 5. The van der Waals surface area contributed by atoms with E-state index in [-0.39, 0.29) is 0 Å². The van der Waals surface area contributed by atoms with Crippen molar-refractivity contribution < 1.29 is 0 Å². The summed E-state index contributed by atoms with van der Waals surface area (Å²) < 4.78 is 0. The molecule has 0 amide bonds. The Bertz CT molecular complexity index is 304. The lowest BCUT2D eigenvalue weighted by molar-refractivity contribution is 0.520. The van der Waals surface area contributed by atoms with Gasteiger partial charge in [0.1, 0.15) is 0 Å². The maximum absolute atomic E-state index is 3.40. The fourth-order valence-electron chi connectivity index (χ4n) is 1.86. The fraction of sp³-hybridized carbons (Fsp3) is 0.571. The van der Waals surface area contributed by atoms with Gasteiger partial charge < -0.3 is 5.32 Å². The Hall–Kier alpha value is -0.820. The molecule has 1 rings (SSSR count). The first kappa shape index (κ1) is 12.3. The van der Waals surface area contributed by atoms with Gasteiger partial charge in [0.2, 0.25) is 0 Å². The van der Waals surface area contributed by atoms with Crippen molar-refractivity contribution in [3.63, 3.8) is 0 Å². The summed E-state index contributed by atoms with van der Waals surface area (Å²) in [5.74, 6) is 0.713. The fourth-order valence-corrected chi connectivity index (χ4v) is 1.86. The van der Waals surface area contributed by atoms with Crippen LogP contribution in [0.5, 0.6) is 0 Å². The van der Waals surface area contributed by atoms with Crippen LogP contribution in [0.3, 0.4) is 0 Å². The van der Waals surface area contributed by atoms with Crippen LogP contribution >= 0.6 is 0 Å². The molecule has 1 atom stereocenters. The molecule has 0 saturated carbocycles. The van der Waals surface area contributed by atoms with Gasteiger partial charge in [-0.1, -0.05) is 37.6 Å². The Morgan fingerprint density at radius 1 is 1.27 bits per heavy atom. The lowest BCUT2D eigenvalue weighted by Crippen LogP contribution is -2.22. The average molecular weight is 205 g/mol. The van der Waals surface area contributed by atoms with Crippen molar-refractivity contribution in [3.8, 4) is 0 Å². The largest absolute Gasteiger partial charge is 0.317 e. The highest BCUT2D eigenvalue weighted by atomic mass is 14.8. The first-order valence-corrected chi connectivity index (χ1v) is 5.90. The van der Waals surface area contributed by atoms with Crippen LogP contribution in [0.4, 0.5) is 0 Å². The first-order chi connectivity index (χ1) is 7.13. The van der Waals surface area contributed by atoms with Gasteiger partial charge in [-0.15, -0.1) is 0 Å². The maximum Gasteiger partial charge on any atom is -0.00201 e. The minimum atomic E-state index is 0.713. The van der Waals surface area contributed by atoms with Crippen LogP contribution in [-0.2, 0) is 6.42 Å². The van der Waals surface area contributed by atoms with E-state index >= 15 is 0 Å². The van der Waals surface area contributed by atoms with E-state index in [0.717, 1.165) is 13.1 Å². The van der Waals surface area contributed by atoms with Crippen molar-refractivity contribution in [2.75, 3.05) is 13.1 Å². The second-order valence-corrected chi connectivity index (χ2v) is 4.55. The molecule has 0 aromatic heterocycles. The zero-order chi connectivity index (χ0) is 11.3. The summed E-state index contributed by atoms with van der Waals surface area (Å²) >= 11 is 0. The maximum atomic E-state index is 3.40. The smallest absolute Gasteiger partial charge is 0.00201 e. The summed E-state index contributed by atoms with van der Waals surface area (Å²) in [6.45, 7) is 11.0. The monoisotopic (exact) mass is 205 g/mol. The zero-order valence-corrected chi connectivity index (χ0v) is 10.4. The van der Waals surface area contributed by atoms with Crippen molar-refractivity contribution in [1.82, 2.24) is 5.32 Å². The summed E-state index contributed by atoms with van der Waals surface area (Å²) in [5, 5.41) is 3.40. The van der Waals surface area contributed by atoms with E-state index in [1.54, 1.807) is 0 Å². The molecule has 15 heavy (non-hydrogen) atoms. The van der Waals surface area contributed by atoms with Gasteiger partial charge in [-0.3, -0.25) is 0 Å². The minimum absolute atomic E-state index is 0.713. The van der Waals surface area contributed by atoms with Crippen molar-refractivity contribution >= 4 is 0 Å². The molecule has 0 bridgehead atoms. The normalized spacial score (nSPS) is 12.8. The molecule has 0 aliphatic heterocycles. The van der Waals surface area contributed by atoms with Gasteiger partial charge in [-0.05, 0) is 50.4 Å². The van der Waals surface area contributed by atoms with E-state index in [2.05, 4.69) is 51.2 Å². The molecule has 1 nitrogen and oxygen atoms in total. The van der Waals surface area contributed by atoms with E-state index in [0.29, 0.717) is 5.92 Å². The molecule has 84 valence electrons. The summed E-state index contributed by atoms with van der Waals surface area (Å²) in [6.07, 6.45) is 1.18. The molecule has 0 spiro atoms. The minimum Gasteiger partial charge on any atom is -0.317 e. The van der Waals surface area contributed by atoms with Crippen LogP contribution in [-0.4, -0.2) is 13.1 Å². The Balaban J connectivity index is 2.59. The lowest BCUT2D eigenvalue weighted by Gasteiger charge is -2.14. The van der Waals surface area contributed by atoms with Crippen LogP contribution in [0, 0.1) is 19.8 Å². The molecule has 0 aliphatic rings. The van der Waals surface area contributed by atoms with Crippen LogP contribution in [0.25, 0.3) is 0 Å². The molecule has 0 radical (unpaired) electrons. The predicted molar refractivity (Wildman–Crippen MR) is 67.3 cm³/mol. The van der Waals surface area contributed by atoms with Crippen molar-refractivity contribution in [3.05, 3.63) is 34.9 Å². The summed E-state index contributed by atoms with van der Waals surface area (Å²) in [6, 6.07) is 6.73. The van der Waals surface area contributed by atoms with Crippen molar-refractivity contribution in [2.45, 2.75) is 34.1 Å². The third kappa shape index (κ3) is 4.05. The highest BCUT2D eigenvalue weighted by molar-refractivity contribution is 5.30. The predicted octanol–water partition coefficient (Wildman–Crippen LogP) is 3.09. The molecule has 0 heterocycles. The van der Waals surface area contributed by atoms with Gasteiger partial charge in [0, 0.05) is 0 Å². The third-order valence-electron chi connectivity index (χ3n) is 2.82. The molecule has 0 saturated heterocycles. The van der Waals surface area contributed by atoms with Crippen LogP contribution in [0.1, 0.15) is 30.5 Å². The Morgan fingerprint density at radius 2 is 2.00 bits per heavy atom. The highest BCUT2D eigenvalue weighted by Gasteiger charge is 2.05. The molecule has 1 N–H and O–H groups in total. The van der Waals surface area contributed by atoms with E-state index in [1.807, 2.05) is 0 Å². The molecular formula is C14H23N. The zero-order valence-electron chi connectivity index (χ0n) is 10.4. The van der Waals surface area contributed by atoms with Crippen molar-refractivity contribution in [2.24, 2.45) is 5.92 Å². The SMILES string of the molecule is CCNCC(C)Cc1cc(C)ccc1C. The number of aryl methyl sites for hydroxylation is 2. The topological polar surface area (TPSA) is 12.0 Å². The Morgan fingerprint density at radius 3 is 2.67 bits per heavy atom. The summed E-state index contributed by atoms with van der Waals surface area (Å²) in [5.41, 5.74) is 4.29. The number of hydrogen-bond acceptors (Lipinski definition) is 1. The molecule has 1 heteroatoms. The van der Waals surface area contributed by atoms with Crippen LogP contribution in [0.15, 0.2) is 18.2 Å². The molecule has 1 unspecified atom stereocenters. The van der Waals surface area contributed by atoms with E-state index in [1.165, 1.54) is 23.1 Å². The number of hydrogen-bond donors (Lipinski definition) is 1. The Kier molecular flexibility index (Phi) is 4.83. The number of nitrogens with one attached hydrogen (secondary N) is 1. The molecule has 1 aromatic rings. The first-order valence-electron chi connectivity index (χ1n) is 5.90. The van der Waals surface area contributed by atoms with Gasteiger partial charge in [0.05, 0.1) is 0 Å². The van der Waals surface area contributed by atoms with Gasteiger partial charge in [-0.2, -0.15) is 0 Å². The third-order valence-corrected chi connectivity index (χ3v) is 2.82. The number of benzene rings is 1. The summed E-state index contributed by atoms with van der Waals surface area (Å²) in [4.78, 5) is 0. The Labute approximate surface area is 93.9 Å².